The third-order valence-corrected chi connectivity index (χ3v) is 3.57. The number of aryl methyl sites for hydroxylation is 1. The Morgan fingerprint density at radius 1 is 1.56 bits per heavy atom. The molecule has 2 rings (SSSR count). The average Bonchev–Trinajstić information content (AvgIpc) is 2.31. The van der Waals surface area contributed by atoms with Crippen LogP contribution in [0, 0.1) is 12.8 Å². The Kier molecular flexibility index (Phi) is 3.97. The molecule has 1 aromatic rings. The van der Waals surface area contributed by atoms with Gasteiger partial charge in [0.15, 0.2) is 0 Å². The Bertz CT molecular complexity index is 434. The van der Waals surface area contributed by atoms with Gasteiger partial charge in [-0.15, -0.1) is 0 Å². The SMILES string of the molecule is Cc1cccc(CN2CCC(C)CC2C(=O)O)n1. The van der Waals surface area contributed by atoms with E-state index in [-0.39, 0.29) is 6.04 Å². The summed E-state index contributed by atoms with van der Waals surface area (Å²) in [5.41, 5.74) is 1.93. The molecule has 0 radical (unpaired) electrons. The van der Waals surface area contributed by atoms with Crippen molar-refractivity contribution in [3.05, 3.63) is 29.6 Å². The zero-order valence-electron chi connectivity index (χ0n) is 11.0. The lowest BCUT2D eigenvalue weighted by Gasteiger charge is -2.35. The Morgan fingerprint density at radius 3 is 3.00 bits per heavy atom. The number of aliphatic carboxylic acids is 1. The molecule has 1 aromatic heterocycles. The van der Waals surface area contributed by atoms with Gasteiger partial charge in [-0.1, -0.05) is 13.0 Å². The first-order valence-corrected chi connectivity index (χ1v) is 6.45. The summed E-state index contributed by atoms with van der Waals surface area (Å²) in [5.74, 6) is -0.220. The molecule has 1 aliphatic heterocycles. The lowest BCUT2D eigenvalue weighted by molar-refractivity contribution is -0.145. The Morgan fingerprint density at radius 2 is 2.33 bits per heavy atom. The highest BCUT2D eigenvalue weighted by molar-refractivity contribution is 5.73. The van der Waals surface area contributed by atoms with Gasteiger partial charge in [-0.2, -0.15) is 0 Å². The van der Waals surface area contributed by atoms with Crippen LogP contribution in [-0.4, -0.2) is 33.5 Å². The minimum Gasteiger partial charge on any atom is -0.480 e. The van der Waals surface area contributed by atoms with Crippen LogP contribution in [0.2, 0.25) is 0 Å². The molecule has 0 aliphatic carbocycles. The molecule has 0 bridgehead atoms. The Labute approximate surface area is 108 Å². The number of aromatic nitrogens is 1. The van der Waals surface area contributed by atoms with Crippen LogP contribution in [0.1, 0.15) is 31.2 Å². The monoisotopic (exact) mass is 248 g/mol. The molecule has 18 heavy (non-hydrogen) atoms. The third-order valence-electron chi connectivity index (χ3n) is 3.57. The van der Waals surface area contributed by atoms with E-state index in [1.165, 1.54) is 0 Å². The molecule has 4 nitrogen and oxygen atoms in total. The summed E-state index contributed by atoms with van der Waals surface area (Å²) in [5, 5.41) is 9.30. The number of pyridine rings is 1. The lowest BCUT2D eigenvalue weighted by Crippen LogP contribution is -2.46. The second-order valence-corrected chi connectivity index (χ2v) is 5.22. The summed E-state index contributed by atoms with van der Waals surface area (Å²) >= 11 is 0. The van der Waals surface area contributed by atoms with Gasteiger partial charge in [0, 0.05) is 12.2 Å². The van der Waals surface area contributed by atoms with Gasteiger partial charge in [-0.05, 0) is 44.4 Å². The second-order valence-electron chi connectivity index (χ2n) is 5.22. The van der Waals surface area contributed by atoms with Crippen molar-refractivity contribution in [2.75, 3.05) is 6.54 Å². The number of nitrogens with zero attached hydrogens (tertiary/aromatic N) is 2. The molecule has 0 aromatic carbocycles. The summed E-state index contributed by atoms with van der Waals surface area (Å²) in [6.07, 6.45) is 1.80. The fourth-order valence-corrected chi connectivity index (χ4v) is 2.53. The van der Waals surface area contributed by atoms with E-state index in [2.05, 4.69) is 11.9 Å². The van der Waals surface area contributed by atoms with Gasteiger partial charge >= 0.3 is 5.97 Å². The van der Waals surface area contributed by atoms with Crippen LogP contribution < -0.4 is 0 Å². The van der Waals surface area contributed by atoms with E-state index in [9.17, 15) is 9.90 Å². The van der Waals surface area contributed by atoms with Crippen molar-refractivity contribution in [2.24, 2.45) is 5.92 Å². The van der Waals surface area contributed by atoms with Crippen LogP contribution in [-0.2, 0) is 11.3 Å². The van der Waals surface area contributed by atoms with Gasteiger partial charge in [0.25, 0.3) is 0 Å². The first-order valence-electron chi connectivity index (χ1n) is 6.45. The van der Waals surface area contributed by atoms with E-state index in [1.807, 2.05) is 30.0 Å². The fourth-order valence-electron chi connectivity index (χ4n) is 2.53. The molecular weight excluding hydrogens is 228 g/mol. The van der Waals surface area contributed by atoms with E-state index in [4.69, 9.17) is 0 Å². The van der Waals surface area contributed by atoms with Crippen molar-refractivity contribution < 1.29 is 9.90 Å². The maximum Gasteiger partial charge on any atom is 0.320 e. The number of carboxylic acid groups (broad SMARTS) is 1. The van der Waals surface area contributed by atoms with Crippen LogP contribution in [0.4, 0.5) is 0 Å². The zero-order chi connectivity index (χ0) is 13.1. The summed E-state index contributed by atoms with van der Waals surface area (Å²) in [4.78, 5) is 17.8. The Balaban J connectivity index is 2.09. The molecule has 1 saturated heterocycles. The molecule has 98 valence electrons. The number of hydrogen-bond acceptors (Lipinski definition) is 3. The largest absolute Gasteiger partial charge is 0.480 e. The molecule has 4 heteroatoms. The van der Waals surface area contributed by atoms with E-state index in [0.29, 0.717) is 12.5 Å². The number of likely N-dealkylation sites (tertiary alicyclic amines) is 1. The number of piperidine rings is 1. The smallest absolute Gasteiger partial charge is 0.320 e. The van der Waals surface area contributed by atoms with Crippen molar-refractivity contribution >= 4 is 5.97 Å². The first-order chi connectivity index (χ1) is 8.56. The van der Waals surface area contributed by atoms with Gasteiger partial charge < -0.3 is 5.11 Å². The normalized spacial score (nSPS) is 25.0. The first kappa shape index (κ1) is 13.0. The molecule has 1 aliphatic rings. The predicted octanol–water partition coefficient (Wildman–Crippen LogP) is 2.08. The molecule has 0 spiro atoms. The van der Waals surface area contributed by atoms with Gasteiger partial charge in [-0.3, -0.25) is 14.7 Å². The van der Waals surface area contributed by atoms with Crippen molar-refractivity contribution in [1.29, 1.82) is 0 Å². The second kappa shape index (κ2) is 5.48. The van der Waals surface area contributed by atoms with Crippen LogP contribution >= 0.6 is 0 Å². The molecule has 2 atom stereocenters. The maximum absolute atomic E-state index is 11.3. The number of rotatable bonds is 3. The highest BCUT2D eigenvalue weighted by Gasteiger charge is 2.31. The summed E-state index contributed by atoms with van der Waals surface area (Å²) in [6.45, 7) is 5.55. The number of carboxylic acids is 1. The molecular formula is C14H20N2O2. The molecule has 2 unspecified atom stereocenters. The number of carbonyl (C=O) groups is 1. The highest BCUT2D eigenvalue weighted by Crippen LogP contribution is 2.24. The molecule has 1 N–H and O–H groups in total. The van der Waals surface area contributed by atoms with Crippen molar-refractivity contribution in [3.8, 4) is 0 Å². The van der Waals surface area contributed by atoms with Crippen molar-refractivity contribution in [1.82, 2.24) is 9.88 Å². The summed E-state index contributed by atoms with van der Waals surface area (Å²) in [7, 11) is 0. The standard InChI is InChI=1S/C14H20N2O2/c1-10-6-7-16(13(8-10)14(17)18)9-12-5-3-4-11(2)15-12/h3-5,10,13H,6-9H2,1-2H3,(H,17,18). The topological polar surface area (TPSA) is 53.4 Å². The van der Waals surface area contributed by atoms with Gasteiger partial charge in [-0.25, -0.2) is 0 Å². The summed E-state index contributed by atoms with van der Waals surface area (Å²) < 4.78 is 0. The van der Waals surface area contributed by atoms with E-state index in [1.54, 1.807) is 0 Å². The highest BCUT2D eigenvalue weighted by atomic mass is 16.4. The van der Waals surface area contributed by atoms with Gasteiger partial charge in [0.1, 0.15) is 6.04 Å². The van der Waals surface area contributed by atoms with Crippen LogP contribution in [0.5, 0.6) is 0 Å². The quantitative estimate of drug-likeness (QED) is 0.889. The lowest BCUT2D eigenvalue weighted by atomic mass is 9.92. The molecule has 0 saturated carbocycles. The number of hydrogen-bond donors (Lipinski definition) is 1. The molecule has 0 amide bonds. The van der Waals surface area contributed by atoms with Gasteiger partial charge in [0.05, 0.1) is 5.69 Å². The van der Waals surface area contributed by atoms with E-state index < -0.39 is 5.97 Å². The minimum absolute atomic E-state index is 0.365. The predicted molar refractivity (Wildman–Crippen MR) is 69.2 cm³/mol. The average molecular weight is 248 g/mol. The summed E-state index contributed by atoms with van der Waals surface area (Å²) in [6, 6.07) is 5.52. The maximum atomic E-state index is 11.3. The van der Waals surface area contributed by atoms with Crippen LogP contribution in [0.3, 0.4) is 0 Å². The van der Waals surface area contributed by atoms with E-state index in [0.717, 1.165) is 30.8 Å². The van der Waals surface area contributed by atoms with E-state index >= 15 is 0 Å². The third kappa shape index (κ3) is 3.07. The Hall–Kier alpha value is -1.42. The molecule has 2 heterocycles. The minimum atomic E-state index is -0.714. The van der Waals surface area contributed by atoms with Crippen LogP contribution in [0.25, 0.3) is 0 Å². The fraction of sp³-hybridized carbons (Fsp3) is 0.571. The molecule has 1 fully saturated rings. The van der Waals surface area contributed by atoms with Crippen molar-refractivity contribution in [3.63, 3.8) is 0 Å². The van der Waals surface area contributed by atoms with Crippen molar-refractivity contribution in [2.45, 2.75) is 39.3 Å². The zero-order valence-corrected chi connectivity index (χ0v) is 11.0. The van der Waals surface area contributed by atoms with Crippen LogP contribution in [0.15, 0.2) is 18.2 Å². The van der Waals surface area contributed by atoms with Gasteiger partial charge in [0.2, 0.25) is 0 Å².